The van der Waals surface area contributed by atoms with Crippen molar-refractivity contribution in [2.24, 2.45) is 7.05 Å². The fourth-order valence-electron chi connectivity index (χ4n) is 3.86. The van der Waals surface area contributed by atoms with E-state index in [0.29, 0.717) is 29.4 Å². The van der Waals surface area contributed by atoms with Crippen LogP contribution in [0.3, 0.4) is 0 Å². The van der Waals surface area contributed by atoms with Gasteiger partial charge in [-0.3, -0.25) is 14.2 Å². The number of carbonyl (C=O) groups excluding carboxylic acids is 1. The zero-order valence-electron chi connectivity index (χ0n) is 19.3. The number of ether oxygens (including phenoxy) is 2. The Bertz CT molecular complexity index is 1260. The second-order valence-corrected chi connectivity index (χ2v) is 8.70. The van der Waals surface area contributed by atoms with Crippen molar-refractivity contribution in [2.75, 3.05) is 20.8 Å². The summed E-state index contributed by atoms with van der Waals surface area (Å²) < 4.78 is 14.4. The van der Waals surface area contributed by atoms with Gasteiger partial charge < -0.3 is 14.8 Å². The molecule has 0 saturated heterocycles. The highest BCUT2D eigenvalue weighted by molar-refractivity contribution is 7.10. The number of aromatic nitrogens is 4. The number of hydrogen-bond acceptors (Lipinski definition) is 6. The minimum atomic E-state index is -0.207. The van der Waals surface area contributed by atoms with Crippen molar-refractivity contribution in [3.63, 3.8) is 0 Å². The van der Waals surface area contributed by atoms with Crippen molar-refractivity contribution in [1.29, 1.82) is 0 Å². The molecule has 1 N–H and O–H groups in total. The molecule has 1 amide bonds. The first-order valence-corrected chi connectivity index (χ1v) is 11.4. The molecule has 0 aliphatic rings. The first kappa shape index (κ1) is 22.6. The summed E-state index contributed by atoms with van der Waals surface area (Å²) in [5.41, 5.74) is 3.84. The summed E-state index contributed by atoms with van der Waals surface area (Å²) in [6, 6.07) is 13.3. The van der Waals surface area contributed by atoms with E-state index in [1.165, 1.54) is 0 Å². The van der Waals surface area contributed by atoms with E-state index < -0.39 is 0 Å². The predicted octanol–water partition coefficient (Wildman–Crippen LogP) is 4.00. The maximum Gasteiger partial charge on any atom is 0.269 e. The van der Waals surface area contributed by atoms with Crippen molar-refractivity contribution < 1.29 is 14.3 Å². The Hall–Kier alpha value is -3.59. The molecular formula is C24H27N5O3S. The maximum absolute atomic E-state index is 13.1. The van der Waals surface area contributed by atoms with Crippen LogP contribution in [0.15, 0.2) is 47.8 Å². The largest absolute Gasteiger partial charge is 0.497 e. The Morgan fingerprint density at radius 3 is 2.58 bits per heavy atom. The van der Waals surface area contributed by atoms with Gasteiger partial charge >= 0.3 is 0 Å². The lowest BCUT2D eigenvalue weighted by atomic mass is 10.1. The van der Waals surface area contributed by atoms with Crippen LogP contribution in [0.1, 0.15) is 32.8 Å². The van der Waals surface area contributed by atoms with Crippen LogP contribution in [0.5, 0.6) is 11.5 Å². The number of thiophene rings is 1. The zero-order valence-corrected chi connectivity index (χ0v) is 20.1. The van der Waals surface area contributed by atoms with Crippen molar-refractivity contribution in [2.45, 2.75) is 19.9 Å². The first-order valence-electron chi connectivity index (χ1n) is 10.5. The molecule has 4 rings (SSSR count). The number of methoxy groups -OCH3 is 2. The fraction of sp³-hybridized carbons (Fsp3) is 0.292. The standard InChI is InChI=1S/C24H27N5O3S/c1-15-11-16(2)29(26-15)21(23-7-6-10-33-23)14-25-24(30)20-13-19(27-28(20)3)18-12-17(31-4)8-9-22(18)32-5/h6-13,21H,14H2,1-5H3,(H,25,30). The molecule has 0 fully saturated rings. The molecule has 0 spiro atoms. The number of hydrogen-bond donors (Lipinski definition) is 1. The summed E-state index contributed by atoms with van der Waals surface area (Å²) in [4.78, 5) is 14.3. The second-order valence-electron chi connectivity index (χ2n) is 7.72. The van der Waals surface area contributed by atoms with E-state index in [0.717, 1.165) is 21.8 Å². The SMILES string of the molecule is COc1ccc(OC)c(-c2cc(C(=O)NCC(c3cccs3)n3nc(C)cc3C)n(C)n2)c1. The molecule has 33 heavy (non-hydrogen) atoms. The van der Waals surface area contributed by atoms with Gasteiger partial charge in [-0.05, 0) is 55.6 Å². The average molecular weight is 466 g/mol. The highest BCUT2D eigenvalue weighted by Gasteiger charge is 2.22. The Balaban J connectivity index is 1.58. The van der Waals surface area contributed by atoms with Gasteiger partial charge in [0.1, 0.15) is 23.2 Å². The molecule has 0 saturated carbocycles. The highest BCUT2D eigenvalue weighted by atomic mass is 32.1. The van der Waals surface area contributed by atoms with Crippen LogP contribution in [0.4, 0.5) is 0 Å². The van der Waals surface area contributed by atoms with Gasteiger partial charge in [-0.1, -0.05) is 6.07 Å². The summed E-state index contributed by atoms with van der Waals surface area (Å²) in [7, 11) is 4.96. The molecule has 1 atom stereocenters. The zero-order chi connectivity index (χ0) is 23.5. The predicted molar refractivity (Wildman–Crippen MR) is 128 cm³/mol. The number of carbonyl (C=O) groups is 1. The topological polar surface area (TPSA) is 83.2 Å². The number of nitrogens with zero attached hydrogens (tertiary/aromatic N) is 4. The first-order chi connectivity index (χ1) is 15.9. The van der Waals surface area contributed by atoms with Crippen molar-refractivity contribution >= 4 is 17.2 Å². The third-order valence-electron chi connectivity index (χ3n) is 5.46. The van der Waals surface area contributed by atoms with E-state index in [1.807, 2.05) is 54.2 Å². The molecule has 8 nitrogen and oxygen atoms in total. The number of aryl methyl sites for hydroxylation is 3. The van der Waals surface area contributed by atoms with Crippen LogP contribution in [-0.2, 0) is 7.05 Å². The molecule has 9 heteroatoms. The number of benzene rings is 1. The van der Waals surface area contributed by atoms with Gasteiger partial charge in [-0.2, -0.15) is 10.2 Å². The number of nitrogens with one attached hydrogen (secondary N) is 1. The van der Waals surface area contributed by atoms with Gasteiger partial charge in [-0.25, -0.2) is 0 Å². The average Bonchev–Trinajstić information content (AvgIpc) is 3.54. The van der Waals surface area contributed by atoms with Gasteiger partial charge in [0.2, 0.25) is 0 Å². The van der Waals surface area contributed by atoms with Crippen LogP contribution in [-0.4, -0.2) is 46.2 Å². The van der Waals surface area contributed by atoms with E-state index in [9.17, 15) is 4.79 Å². The minimum Gasteiger partial charge on any atom is -0.497 e. The molecule has 1 aromatic carbocycles. The lowest BCUT2D eigenvalue weighted by Crippen LogP contribution is -2.32. The summed E-state index contributed by atoms with van der Waals surface area (Å²) in [6.45, 7) is 4.40. The van der Waals surface area contributed by atoms with Gasteiger partial charge in [0.15, 0.2) is 0 Å². The summed E-state index contributed by atoms with van der Waals surface area (Å²) in [5, 5.41) is 14.3. The van der Waals surface area contributed by atoms with Crippen molar-refractivity contribution in [3.05, 3.63) is 69.8 Å². The Labute approximate surface area is 196 Å². The van der Waals surface area contributed by atoms with Crippen molar-refractivity contribution in [1.82, 2.24) is 24.9 Å². The Kier molecular flexibility index (Phi) is 6.50. The quantitative estimate of drug-likeness (QED) is 0.425. The molecule has 172 valence electrons. The van der Waals surface area contributed by atoms with Gasteiger partial charge in [-0.15, -0.1) is 11.3 Å². The summed E-state index contributed by atoms with van der Waals surface area (Å²) in [5.74, 6) is 1.13. The van der Waals surface area contributed by atoms with E-state index in [1.54, 1.807) is 43.4 Å². The molecule has 3 aromatic heterocycles. The monoisotopic (exact) mass is 465 g/mol. The van der Waals surface area contributed by atoms with Crippen molar-refractivity contribution in [3.8, 4) is 22.8 Å². The Morgan fingerprint density at radius 2 is 1.94 bits per heavy atom. The van der Waals surface area contributed by atoms with E-state index in [2.05, 4.69) is 21.6 Å². The molecule has 3 heterocycles. The molecule has 0 bridgehead atoms. The highest BCUT2D eigenvalue weighted by Crippen LogP contribution is 2.33. The van der Waals surface area contributed by atoms with Crippen LogP contribution >= 0.6 is 11.3 Å². The number of rotatable bonds is 8. The van der Waals surface area contributed by atoms with Gasteiger partial charge in [0.25, 0.3) is 5.91 Å². The van der Waals surface area contributed by atoms with Crippen LogP contribution in [0.2, 0.25) is 0 Å². The minimum absolute atomic E-state index is 0.0890. The Morgan fingerprint density at radius 1 is 1.12 bits per heavy atom. The van der Waals surface area contributed by atoms with Gasteiger partial charge in [0.05, 0.1) is 25.6 Å². The van der Waals surface area contributed by atoms with Crippen LogP contribution in [0, 0.1) is 13.8 Å². The molecule has 0 aliphatic carbocycles. The molecule has 0 radical (unpaired) electrons. The molecular weight excluding hydrogens is 438 g/mol. The second kappa shape index (κ2) is 9.50. The normalized spacial score (nSPS) is 11.9. The lowest BCUT2D eigenvalue weighted by molar-refractivity contribution is 0.0940. The van der Waals surface area contributed by atoms with E-state index >= 15 is 0 Å². The van der Waals surface area contributed by atoms with Crippen LogP contribution < -0.4 is 14.8 Å². The number of amides is 1. The summed E-state index contributed by atoms with van der Waals surface area (Å²) in [6.07, 6.45) is 0. The van der Waals surface area contributed by atoms with Gasteiger partial charge in [0, 0.05) is 29.7 Å². The summed E-state index contributed by atoms with van der Waals surface area (Å²) >= 11 is 1.65. The fourth-order valence-corrected chi connectivity index (χ4v) is 4.67. The molecule has 4 aromatic rings. The lowest BCUT2D eigenvalue weighted by Gasteiger charge is -2.19. The van der Waals surface area contributed by atoms with Crippen LogP contribution in [0.25, 0.3) is 11.3 Å². The molecule has 0 aliphatic heterocycles. The van der Waals surface area contributed by atoms with E-state index in [-0.39, 0.29) is 11.9 Å². The maximum atomic E-state index is 13.1. The third-order valence-corrected chi connectivity index (χ3v) is 6.44. The molecule has 1 unspecified atom stereocenters. The smallest absolute Gasteiger partial charge is 0.269 e. The third kappa shape index (κ3) is 4.63. The van der Waals surface area contributed by atoms with E-state index in [4.69, 9.17) is 9.47 Å².